The fourth-order valence-electron chi connectivity index (χ4n) is 3.16. The van der Waals surface area contributed by atoms with Gasteiger partial charge in [0.15, 0.2) is 0 Å². The minimum Gasteiger partial charge on any atom is -0.473 e. The van der Waals surface area contributed by atoms with Gasteiger partial charge in [0, 0.05) is 29.9 Å². The monoisotopic (exact) mass is 416 g/mol. The van der Waals surface area contributed by atoms with Gasteiger partial charge in [-0.1, -0.05) is 12.1 Å². The summed E-state index contributed by atoms with van der Waals surface area (Å²) in [5, 5.41) is 1.54. The number of benzene rings is 1. The summed E-state index contributed by atoms with van der Waals surface area (Å²) in [5.41, 5.74) is 4.53. The number of aromatic nitrogens is 2. The van der Waals surface area contributed by atoms with E-state index < -0.39 is 11.7 Å². The van der Waals surface area contributed by atoms with Crippen LogP contribution in [0.15, 0.2) is 42.6 Å². The Morgan fingerprint density at radius 3 is 2.40 bits per heavy atom. The Labute approximate surface area is 173 Å². The van der Waals surface area contributed by atoms with Gasteiger partial charge in [-0.15, -0.1) is 0 Å². The Morgan fingerprint density at radius 2 is 1.80 bits per heavy atom. The van der Waals surface area contributed by atoms with Gasteiger partial charge in [-0.25, -0.2) is 10.8 Å². The van der Waals surface area contributed by atoms with E-state index in [1.807, 2.05) is 38.1 Å². The van der Waals surface area contributed by atoms with Crippen molar-refractivity contribution in [3.63, 3.8) is 0 Å². The van der Waals surface area contributed by atoms with E-state index >= 15 is 0 Å². The molecule has 0 saturated heterocycles. The van der Waals surface area contributed by atoms with E-state index in [0.717, 1.165) is 34.6 Å². The molecule has 2 N–H and O–H groups in total. The van der Waals surface area contributed by atoms with Crippen LogP contribution >= 0.6 is 0 Å². The summed E-state index contributed by atoms with van der Waals surface area (Å²) in [6.07, 6.45) is -3.59. The van der Waals surface area contributed by atoms with Crippen molar-refractivity contribution in [1.82, 2.24) is 9.97 Å². The Bertz CT molecular complexity index is 1050. The van der Waals surface area contributed by atoms with Crippen LogP contribution in [0, 0.1) is 20.8 Å². The van der Waals surface area contributed by atoms with Crippen molar-refractivity contribution in [3.05, 3.63) is 70.5 Å². The van der Waals surface area contributed by atoms with Gasteiger partial charge in [-0.3, -0.25) is 4.98 Å². The second kappa shape index (κ2) is 8.31. The lowest BCUT2D eigenvalue weighted by Crippen LogP contribution is -2.26. The first-order valence-corrected chi connectivity index (χ1v) is 9.29. The lowest BCUT2D eigenvalue weighted by molar-refractivity contribution is -0.137. The molecule has 1 aromatic carbocycles. The van der Waals surface area contributed by atoms with Crippen molar-refractivity contribution in [2.45, 2.75) is 33.6 Å². The van der Waals surface area contributed by atoms with Crippen LogP contribution in [0.4, 0.5) is 18.9 Å². The van der Waals surface area contributed by atoms with Crippen molar-refractivity contribution in [1.29, 1.82) is 0 Å². The largest absolute Gasteiger partial charge is 0.473 e. The molecular weight excluding hydrogens is 393 g/mol. The molecule has 2 heterocycles. The molecule has 158 valence electrons. The van der Waals surface area contributed by atoms with Crippen molar-refractivity contribution >= 4 is 5.69 Å². The maximum atomic E-state index is 12.8. The molecule has 8 heteroatoms. The second-order valence-corrected chi connectivity index (χ2v) is 7.15. The number of hydrogen-bond acceptors (Lipinski definition) is 5. The predicted octanol–water partition coefficient (Wildman–Crippen LogP) is 4.98. The summed E-state index contributed by atoms with van der Waals surface area (Å²) in [6, 6.07) is 10.0. The third-order valence-electron chi connectivity index (χ3n) is 4.84. The molecule has 0 amide bonds. The fraction of sp³-hybridized carbons (Fsp3) is 0.273. The van der Waals surface area contributed by atoms with Gasteiger partial charge in [0.05, 0.1) is 22.6 Å². The minimum absolute atomic E-state index is 0.286. The Kier molecular flexibility index (Phi) is 5.98. The van der Waals surface area contributed by atoms with Crippen LogP contribution in [-0.2, 0) is 12.8 Å². The van der Waals surface area contributed by atoms with Gasteiger partial charge in [0.25, 0.3) is 0 Å². The fourth-order valence-corrected chi connectivity index (χ4v) is 3.16. The molecule has 0 spiro atoms. The van der Waals surface area contributed by atoms with E-state index in [1.165, 1.54) is 11.1 Å². The Balaban J connectivity index is 1.86. The molecule has 0 aliphatic heterocycles. The SMILES string of the molecule is Cc1cc(-c2ccc(C(F)(F)F)cn2)c(C)nc1OCc1c(C)cccc1N(C)N. The number of aryl methyl sites for hydroxylation is 3. The highest BCUT2D eigenvalue weighted by Gasteiger charge is 2.30. The Hall–Kier alpha value is -3.13. The molecule has 0 fully saturated rings. The highest BCUT2D eigenvalue weighted by Crippen LogP contribution is 2.32. The summed E-state index contributed by atoms with van der Waals surface area (Å²) < 4.78 is 44.3. The minimum atomic E-state index is -4.42. The standard InChI is InChI=1S/C22H23F3N4O/c1-13-6-5-7-20(29(4)26)18(13)12-30-21-14(2)10-17(15(3)28-21)19-9-8-16(11-27-19)22(23,24)25/h5-11H,12,26H2,1-4H3. The van der Waals surface area contributed by atoms with Crippen molar-refractivity contribution in [2.24, 2.45) is 5.84 Å². The van der Waals surface area contributed by atoms with Crippen LogP contribution in [0.2, 0.25) is 0 Å². The van der Waals surface area contributed by atoms with Crippen LogP contribution in [0.25, 0.3) is 11.3 Å². The van der Waals surface area contributed by atoms with Gasteiger partial charge in [-0.2, -0.15) is 13.2 Å². The molecule has 0 radical (unpaired) electrons. The van der Waals surface area contributed by atoms with Crippen LogP contribution in [0.1, 0.15) is 27.9 Å². The molecule has 0 aliphatic rings. The van der Waals surface area contributed by atoms with Gasteiger partial charge >= 0.3 is 6.18 Å². The average Bonchev–Trinajstić information content (AvgIpc) is 2.68. The predicted molar refractivity (Wildman–Crippen MR) is 110 cm³/mol. The molecule has 2 aromatic heterocycles. The topological polar surface area (TPSA) is 64.3 Å². The second-order valence-electron chi connectivity index (χ2n) is 7.15. The van der Waals surface area contributed by atoms with E-state index in [4.69, 9.17) is 10.6 Å². The van der Waals surface area contributed by atoms with Gasteiger partial charge < -0.3 is 9.75 Å². The number of nitrogens with zero attached hydrogens (tertiary/aromatic N) is 3. The van der Waals surface area contributed by atoms with Gasteiger partial charge in [0.1, 0.15) is 6.61 Å². The molecule has 3 rings (SSSR count). The van der Waals surface area contributed by atoms with Crippen LogP contribution in [0.3, 0.4) is 0 Å². The zero-order valence-electron chi connectivity index (χ0n) is 17.2. The lowest BCUT2D eigenvalue weighted by Gasteiger charge is -2.19. The molecule has 3 aromatic rings. The normalized spacial score (nSPS) is 11.5. The van der Waals surface area contributed by atoms with Crippen molar-refractivity contribution < 1.29 is 17.9 Å². The molecule has 0 saturated carbocycles. The number of hydrazine groups is 1. The molecule has 0 bridgehead atoms. The number of anilines is 1. The van der Waals surface area contributed by atoms with E-state index in [9.17, 15) is 13.2 Å². The van der Waals surface area contributed by atoms with Crippen LogP contribution in [-0.4, -0.2) is 17.0 Å². The van der Waals surface area contributed by atoms with E-state index in [0.29, 0.717) is 22.8 Å². The summed E-state index contributed by atoms with van der Waals surface area (Å²) in [4.78, 5) is 8.47. The quantitative estimate of drug-likeness (QED) is 0.470. The lowest BCUT2D eigenvalue weighted by atomic mass is 10.1. The van der Waals surface area contributed by atoms with E-state index in [2.05, 4.69) is 9.97 Å². The maximum absolute atomic E-state index is 12.8. The first-order valence-electron chi connectivity index (χ1n) is 9.29. The Morgan fingerprint density at radius 1 is 1.07 bits per heavy atom. The smallest absolute Gasteiger partial charge is 0.417 e. The van der Waals surface area contributed by atoms with Crippen molar-refractivity contribution in [2.75, 3.05) is 12.1 Å². The highest BCUT2D eigenvalue weighted by atomic mass is 19.4. The summed E-state index contributed by atoms with van der Waals surface area (Å²) in [7, 11) is 1.76. The average molecular weight is 416 g/mol. The molecule has 30 heavy (non-hydrogen) atoms. The number of halogens is 3. The van der Waals surface area contributed by atoms with Gasteiger partial charge in [-0.05, 0) is 50.6 Å². The van der Waals surface area contributed by atoms with E-state index in [-0.39, 0.29) is 6.61 Å². The first-order chi connectivity index (χ1) is 14.1. The number of hydrogen-bond donors (Lipinski definition) is 1. The molecule has 0 atom stereocenters. The molecular formula is C22H23F3N4O. The zero-order chi connectivity index (χ0) is 22.1. The molecule has 0 unspecified atom stereocenters. The summed E-state index contributed by atoms with van der Waals surface area (Å²) in [5.74, 6) is 6.37. The maximum Gasteiger partial charge on any atom is 0.417 e. The summed E-state index contributed by atoms with van der Waals surface area (Å²) in [6.45, 7) is 5.88. The first kappa shape index (κ1) is 21.6. The number of pyridine rings is 2. The van der Waals surface area contributed by atoms with Crippen molar-refractivity contribution in [3.8, 4) is 17.1 Å². The third kappa shape index (κ3) is 4.54. The number of ether oxygens (including phenoxy) is 1. The number of nitrogens with two attached hydrogens (primary N) is 1. The van der Waals surface area contributed by atoms with E-state index in [1.54, 1.807) is 14.0 Å². The summed E-state index contributed by atoms with van der Waals surface area (Å²) >= 11 is 0. The third-order valence-corrected chi connectivity index (χ3v) is 4.84. The molecule has 5 nitrogen and oxygen atoms in total. The van der Waals surface area contributed by atoms with Crippen LogP contribution < -0.4 is 15.6 Å². The number of alkyl halides is 3. The highest BCUT2D eigenvalue weighted by molar-refractivity contribution is 5.64. The number of rotatable bonds is 5. The zero-order valence-corrected chi connectivity index (χ0v) is 17.2. The molecule has 0 aliphatic carbocycles. The van der Waals surface area contributed by atoms with Crippen LogP contribution in [0.5, 0.6) is 5.88 Å². The van der Waals surface area contributed by atoms with Gasteiger partial charge in [0.2, 0.25) is 5.88 Å².